The number of rotatable bonds is 14. The van der Waals surface area contributed by atoms with Crippen LogP contribution in [0.1, 0.15) is 66.7 Å². The Morgan fingerprint density at radius 3 is 0.692 bits per heavy atom. The third kappa shape index (κ3) is 8.93. The third-order valence-corrected chi connectivity index (χ3v) is 16.7. The summed E-state index contributed by atoms with van der Waals surface area (Å²) in [5.41, 5.74) is 9.52. The van der Waals surface area contributed by atoms with E-state index in [0.29, 0.717) is 6.42 Å². The first kappa shape index (κ1) is 42.7. The van der Waals surface area contributed by atoms with Crippen molar-refractivity contribution in [2.24, 2.45) is 0 Å². The molecule has 0 radical (unpaired) electrons. The van der Waals surface area contributed by atoms with E-state index in [4.69, 9.17) is 9.05 Å². The van der Waals surface area contributed by atoms with E-state index in [1.54, 1.807) is 0 Å². The predicted octanol–water partition coefficient (Wildman–Crippen LogP) is 15.7. The Kier molecular flexibility index (Phi) is 13.0. The molecule has 2 aliphatic heterocycles. The van der Waals surface area contributed by atoms with Gasteiger partial charge >= 0.3 is 0 Å². The Balaban J connectivity index is 1.04. The second-order valence-electron chi connectivity index (χ2n) is 16.7. The zero-order valence-corrected chi connectivity index (χ0v) is 38.6. The molecule has 324 valence electrons. The maximum absolute atomic E-state index is 7.60. The molecule has 0 N–H and O–H groups in total. The van der Waals surface area contributed by atoms with Gasteiger partial charge in [0.25, 0.3) is 0 Å². The molecule has 0 bridgehead atoms. The highest BCUT2D eigenvalue weighted by molar-refractivity contribution is 7.57. The molecule has 2 fully saturated rings. The molecule has 2 saturated heterocycles. The molecule has 65 heavy (non-hydrogen) atoms. The fourth-order valence-corrected chi connectivity index (χ4v) is 14.4. The van der Waals surface area contributed by atoms with Crippen LogP contribution in [0.5, 0.6) is 0 Å². The molecule has 0 spiro atoms. The molecular weight excluding hydrogens is 835 g/mol. The maximum Gasteiger partial charge on any atom is 0.250 e. The van der Waals surface area contributed by atoms with Crippen molar-refractivity contribution in [2.45, 2.75) is 56.6 Å². The fourth-order valence-electron chi connectivity index (χ4n) is 9.50. The molecule has 2 aliphatic rings. The Morgan fingerprint density at radius 1 is 0.308 bits per heavy atom. The van der Waals surface area contributed by atoms with E-state index in [2.05, 4.69) is 275 Å². The highest BCUT2D eigenvalue weighted by Gasteiger charge is 2.53. The van der Waals surface area contributed by atoms with Gasteiger partial charge in [0.15, 0.2) is 0 Å². The van der Waals surface area contributed by atoms with Crippen molar-refractivity contribution in [2.75, 3.05) is 18.7 Å². The largest absolute Gasteiger partial charge is 0.319 e. The minimum Gasteiger partial charge on any atom is -0.319 e. The topological polar surface area (TPSA) is 31.4 Å². The summed E-state index contributed by atoms with van der Waals surface area (Å²) in [4.78, 5) is 0. The number of para-hydroxylation sites is 4. The van der Waals surface area contributed by atoms with Gasteiger partial charge in [-0.05, 0) is 84.6 Å². The van der Waals surface area contributed by atoms with Crippen molar-refractivity contribution in [3.8, 4) is 0 Å². The second kappa shape index (κ2) is 19.9. The molecule has 0 saturated carbocycles. The maximum atomic E-state index is 7.60. The van der Waals surface area contributed by atoms with Gasteiger partial charge in [-0.3, -0.25) is 0 Å². The third-order valence-electron chi connectivity index (χ3n) is 12.2. The first-order chi connectivity index (χ1) is 32.1. The van der Waals surface area contributed by atoms with Crippen LogP contribution in [0.3, 0.4) is 0 Å². The molecule has 8 aromatic rings. The van der Waals surface area contributed by atoms with Crippen molar-refractivity contribution in [3.63, 3.8) is 0 Å². The highest BCUT2D eigenvalue weighted by atomic mass is 31.2. The summed E-state index contributed by atoms with van der Waals surface area (Å²) in [6.45, 7) is 4.46. The summed E-state index contributed by atoms with van der Waals surface area (Å²) in [5.74, 6) is 0. The lowest BCUT2D eigenvalue weighted by molar-refractivity contribution is 0.150. The van der Waals surface area contributed by atoms with Crippen LogP contribution in [-0.2, 0) is 9.05 Å². The van der Waals surface area contributed by atoms with Crippen LogP contribution in [0.15, 0.2) is 243 Å². The predicted molar refractivity (Wildman–Crippen MR) is 272 cm³/mol. The number of hydrogen-bond acceptors (Lipinski definition) is 6. The zero-order valence-electron chi connectivity index (χ0n) is 36.8. The second-order valence-corrected chi connectivity index (χ2v) is 19.9. The summed E-state index contributed by atoms with van der Waals surface area (Å²) in [7, 11) is -2.81. The van der Waals surface area contributed by atoms with Crippen molar-refractivity contribution in [1.29, 1.82) is 0 Å². The Morgan fingerprint density at radius 2 is 0.492 bits per heavy atom. The number of benzene rings is 8. The van der Waals surface area contributed by atoms with Gasteiger partial charge in [-0.2, -0.15) is 0 Å². The molecule has 0 aliphatic carbocycles. The first-order valence-corrected chi connectivity index (χ1v) is 25.0. The van der Waals surface area contributed by atoms with Gasteiger partial charge in [0.05, 0.1) is 36.4 Å². The monoisotopic (exact) mass is 888 g/mol. The quantitative estimate of drug-likeness (QED) is 0.101. The zero-order chi connectivity index (χ0) is 44.0. The van der Waals surface area contributed by atoms with Crippen LogP contribution < -0.4 is 18.7 Å². The first-order valence-electron chi connectivity index (χ1n) is 22.6. The lowest BCUT2D eigenvalue weighted by Crippen LogP contribution is -2.26. The normalized spacial score (nSPS) is 20.0. The highest BCUT2D eigenvalue weighted by Crippen LogP contribution is 2.69. The molecule has 2 heterocycles. The van der Waals surface area contributed by atoms with E-state index in [9.17, 15) is 0 Å². The van der Waals surface area contributed by atoms with Crippen LogP contribution in [0.2, 0.25) is 0 Å². The van der Waals surface area contributed by atoms with E-state index in [-0.39, 0.29) is 36.4 Å². The van der Waals surface area contributed by atoms with E-state index >= 15 is 0 Å². The number of anilines is 4. The summed E-state index contributed by atoms with van der Waals surface area (Å²) < 4.78 is 25.4. The van der Waals surface area contributed by atoms with E-state index in [1.807, 2.05) is 0 Å². The molecule has 0 amide bonds. The molecule has 0 aromatic heterocycles. The molecule has 8 aromatic carbocycles. The van der Waals surface area contributed by atoms with Crippen molar-refractivity contribution in [3.05, 3.63) is 265 Å². The number of nitrogens with zero attached hydrogens (tertiary/aromatic N) is 4. The van der Waals surface area contributed by atoms with Gasteiger partial charge in [-0.25, -0.2) is 0 Å². The smallest absolute Gasteiger partial charge is 0.250 e. The summed E-state index contributed by atoms with van der Waals surface area (Å²) in [6.07, 6.45) is 0.358. The van der Waals surface area contributed by atoms with Crippen molar-refractivity contribution >= 4 is 39.6 Å². The van der Waals surface area contributed by atoms with Crippen LogP contribution in [-0.4, -0.2) is 12.2 Å². The van der Waals surface area contributed by atoms with E-state index < -0.39 is 16.9 Å². The van der Waals surface area contributed by atoms with Crippen LogP contribution in [0, 0.1) is 0 Å². The molecule has 10 rings (SSSR count). The van der Waals surface area contributed by atoms with Gasteiger partial charge in [-0.15, -0.1) is 0 Å². The van der Waals surface area contributed by atoms with E-state index in [0.717, 1.165) is 22.7 Å². The molecule has 6 atom stereocenters. The van der Waals surface area contributed by atoms with Gasteiger partial charge in [-0.1, -0.05) is 194 Å². The van der Waals surface area contributed by atoms with Crippen LogP contribution in [0.25, 0.3) is 0 Å². The average molecular weight is 889 g/mol. The Bertz CT molecular complexity index is 2310. The average Bonchev–Trinajstić information content (AvgIpc) is 3.89. The van der Waals surface area contributed by atoms with Gasteiger partial charge in [0.2, 0.25) is 16.9 Å². The van der Waals surface area contributed by atoms with Gasteiger partial charge < -0.3 is 27.7 Å². The minimum atomic E-state index is -1.41. The SMILES string of the molecule is C[C@H](C[C@H](C)OP1N(c2ccccc2)[C@H](c2ccccc2)[C@@H](c2ccccc2)N1c1ccccc1)OP1N(c2ccccc2)[C@H](c2ccccc2)[C@@H](c2ccccc2)N1c1ccccc1. The summed E-state index contributed by atoms with van der Waals surface area (Å²) in [5, 5.41) is 0. The van der Waals surface area contributed by atoms with Gasteiger partial charge in [0.1, 0.15) is 0 Å². The lowest BCUT2D eigenvalue weighted by atomic mass is 9.92. The summed E-state index contributed by atoms with van der Waals surface area (Å²) >= 11 is 0. The molecular formula is C57H54N4O2P2. The summed E-state index contributed by atoms with van der Waals surface area (Å²) in [6, 6.07) is 87.0. The van der Waals surface area contributed by atoms with Crippen molar-refractivity contribution < 1.29 is 9.05 Å². The van der Waals surface area contributed by atoms with E-state index in [1.165, 1.54) is 22.3 Å². The molecule has 6 nitrogen and oxygen atoms in total. The molecule has 8 heteroatoms. The van der Waals surface area contributed by atoms with Crippen LogP contribution in [0.4, 0.5) is 22.7 Å². The number of hydrogen-bond donors (Lipinski definition) is 0. The Hall–Kier alpha value is -6.26. The molecule has 0 unspecified atom stereocenters. The minimum absolute atomic E-state index is 0.0289. The Labute approximate surface area is 387 Å². The van der Waals surface area contributed by atoms with Gasteiger partial charge in [0, 0.05) is 29.2 Å². The van der Waals surface area contributed by atoms with Crippen LogP contribution >= 0.6 is 16.9 Å². The standard InChI is InChI=1S/C57H54N4O2P2/c1-44(62-64-58(50-35-19-7-20-36-50)54(46-27-11-3-12-28-46)55(47-29-13-4-14-30-47)59(64)51-37-21-8-22-38-51)43-45(2)63-65-60(52-39-23-9-24-40-52)56(48-31-15-5-16-32-48)57(49-33-17-6-18-34-49)61(65)53-41-25-10-26-42-53/h3-42,44-45,54-57H,43H2,1-2H3/t44-,45+,54-,55-,56-,57-/m1/s1. The van der Waals surface area contributed by atoms with Crippen molar-refractivity contribution in [1.82, 2.24) is 0 Å². The fraction of sp³-hybridized carbons (Fsp3) is 0.158. The lowest BCUT2D eigenvalue weighted by Gasteiger charge is -2.36.